The molecule has 2 fully saturated rings. The molecule has 3 amide bonds. The molecule has 0 aliphatic carbocycles. The second-order valence-electron chi connectivity index (χ2n) is 7.38. The summed E-state index contributed by atoms with van der Waals surface area (Å²) < 4.78 is 0. The van der Waals surface area contributed by atoms with Crippen LogP contribution >= 0.6 is 0 Å². The number of anilines is 1. The Morgan fingerprint density at radius 3 is 2.54 bits per heavy atom. The summed E-state index contributed by atoms with van der Waals surface area (Å²) in [5.41, 5.74) is 1.76. The van der Waals surface area contributed by atoms with Crippen LogP contribution in [0.3, 0.4) is 0 Å². The van der Waals surface area contributed by atoms with Crippen LogP contribution < -0.4 is 5.32 Å². The summed E-state index contributed by atoms with van der Waals surface area (Å²) in [5.74, 6) is -1.07. The molecule has 7 heteroatoms. The molecule has 0 bridgehead atoms. The lowest BCUT2D eigenvalue weighted by Crippen LogP contribution is -2.53. The monoisotopic (exact) mass is 359 g/mol. The van der Waals surface area contributed by atoms with Gasteiger partial charge in [-0.15, -0.1) is 0 Å². The maximum absolute atomic E-state index is 12.5. The van der Waals surface area contributed by atoms with Gasteiger partial charge in [0.25, 0.3) is 0 Å². The second kappa shape index (κ2) is 7.35. The molecule has 2 N–H and O–H groups in total. The third-order valence-corrected chi connectivity index (χ3v) is 5.57. The maximum Gasteiger partial charge on any atom is 0.323 e. The first kappa shape index (κ1) is 18.2. The van der Waals surface area contributed by atoms with Crippen molar-refractivity contribution in [1.82, 2.24) is 9.80 Å². The highest BCUT2D eigenvalue weighted by atomic mass is 16.4. The van der Waals surface area contributed by atoms with Crippen molar-refractivity contribution < 1.29 is 19.5 Å². The summed E-state index contributed by atoms with van der Waals surface area (Å²) in [5, 5.41) is 12.0. The Labute approximate surface area is 153 Å². The Bertz CT molecular complexity index is 710. The smallest absolute Gasteiger partial charge is 0.323 e. The lowest BCUT2D eigenvalue weighted by atomic mass is 9.72. The quantitative estimate of drug-likeness (QED) is 0.867. The molecule has 0 atom stereocenters. The molecule has 1 spiro atoms. The summed E-state index contributed by atoms with van der Waals surface area (Å²) in [6, 6.07) is 7.56. The van der Waals surface area contributed by atoms with E-state index >= 15 is 0 Å². The van der Waals surface area contributed by atoms with Gasteiger partial charge < -0.3 is 20.2 Å². The Hall–Kier alpha value is -2.57. The minimum Gasteiger partial charge on any atom is -0.480 e. The van der Waals surface area contributed by atoms with Crippen molar-refractivity contribution in [3.8, 4) is 0 Å². The minimum atomic E-state index is -0.981. The lowest BCUT2D eigenvalue weighted by Gasteiger charge is -2.47. The number of amides is 3. The van der Waals surface area contributed by atoms with Gasteiger partial charge in [-0.1, -0.05) is 18.2 Å². The van der Waals surface area contributed by atoms with E-state index in [1.807, 2.05) is 31.2 Å². The van der Waals surface area contributed by atoms with Crippen molar-refractivity contribution in [3.05, 3.63) is 29.8 Å². The molecule has 2 heterocycles. The molecule has 2 aliphatic rings. The molecule has 2 aliphatic heterocycles. The number of nitrogens with one attached hydrogen (secondary N) is 1. The second-order valence-corrected chi connectivity index (χ2v) is 7.38. The number of piperidine rings is 2. The predicted octanol–water partition coefficient (Wildman–Crippen LogP) is 2.32. The average molecular weight is 359 g/mol. The van der Waals surface area contributed by atoms with E-state index in [-0.39, 0.29) is 23.9 Å². The molecule has 0 saturated carbocycles. The first-order valence-electron chi connectivity index (χ1n) is 9.00. The first-order chi connectivity index (χ1) is 12.4. The number of urea groups is 1. The number of nitrogens with zero attached hydrogens (tertiary/aromatic N) is 2. The number of carboxylic acids is 1. The van der Waals surface area contributed by atoms with Crippen LogP contribution in [0.15, 0.2) is 24.3 Å². The fourth-order valence-corrected chi connectivity index (χ4v) is 3.91. The number of para-hydroxylation sites is 1. The topological polar surface area (TPSA) is 90.0 Å². The van der Waals surface area contributed by atoms with Crippen molar-refractivity contribution in [1.29, 1.82) is 0 Å². The van der Waals surface area contributed by atoms with E-state index in [1.165, 1.54) is 4.90 Å². The normalized spacial score (nSPS) is 19.5. The number of hydrogen-bond acceptors (Lipinski definition) is 3. The number of hydrogen-bond donors (Lipinski definition) is 2. The zero-order valence-corrected chi connectivity index (χ0v) is 15.0. The van der Waals surface area contributed by atoms with Gasteiger partial charge in [0.05, 0.1) is 0 Å². The van der Waals surface area contributed by atoms with E-state index in [0.717, 1.165) is 30.5 Å². The third-order valence-electron chi connectivity index (χ3n) is 5.57. The Balaban J connectivity index is 1.58. The number of rotatable bonds is 3. The van der Waals surface area contributed by atoms with Crippen molar-refractivity contribution in [2.24, 2.45) is 5.41 Å². The van der Waals surface area contributed by atoms with Gasteiger partial charge in [0, 0.05) is 31.7 Å². The highest BCUT2D eigenvalue weighted by Crippen LogP contribution is 2.40. The Morgan fingerprint density at radius 1 is 1.19 bits per heavy atom. The van der Waals surface area contributed by atoms with E-state index in [0.29, 0.717) is 26.1 Å². The molecule has 0 aromatic heterocycles. The van der Waals surface area contributed by atoms with Crippen LogP contribution in [0.25, 0.3) is 0 Å². The Morgan fingerprint density at radius 2 is 1.88 bits per heavy atom. The molecule has 140 valence electrons. The summed E-state index contributed by atoms with van der Waals surface area (Å²) in [4.78, 5) is 38.7. The van der Waals surface area contributed by atoms with E-state index in [9.17, 15) is 14.4 Å². The van der Waals surface area contributed by atoms with Crippen molar-refractivity contribution in [2.75, 3.05) is 31.5 Å². The SMILES string of the molecule is Cc1ccccc1NC(=O)N1CCC2(CCC(=O)N(CC(=O)O)C2)CC1. The molecule has 26 heavy (non-hydrogen) atoms. The Kier molecular flexibility index (Phi) is 5.15. The van der Waals surface area contributed by atoms with Crippen LogP contribution in [0.4, 0.5) is 10.5 Å². The fraction of sp³-hybridized carbons (Fsp3) is 0.526. The van der Waals surface area contributed by atoms with E-state index in [1.54, 1.807) is 4.90 Å². The zero-order valence-electron chi connectivity index (χ0n) is 15.0. The number of benzene rings is 1. The van der Waals surface area contributed by atoms with Crippen molar-refractivity contribution in [2.45, 2.75) is 32.6 Å². The number of carboxylic acid groups (broad SMARTS) is 1. The van der Waals surface area contributed by atoms with Crippen molar-refractivity contribution in [3.63, 3.8) is 0 Å². The highest BCUT2D eigenvalue weighted by Gasteiger charge is 2.42. The molecule has 7 nitrogen and oxygen atoms in total. The van der Waals surface area contributed by atoms with Crippen LogP contribution in [0.1, 0.15) is 31.2 Å². The number of aryl methyl sites for hydroxylation is 1. The van der Waals surface area contributed by atoms with Crippen LogP contribution in [0.5, 0.6) is 0 Å². The number of carbonyl (C=O) groups is 3. The lowest BCUT2D eigenvalue weighted by molar-refractivity contribution is -0.149. The summed E-state index contributed by atoms with van der Waals surface area (Å²) >= 11 is 0. The van der Waals surface area contributed by atoms with Crippen LogP contribution in [-0.4, -0.2) is 59.0 Å². The summed E-state index contributed by atoms with van der Waals surface area (Å²) in [6.45, 7) is 3.43. The van der Waals surface area contributed by atoms with Gasteiger partial charge in [-0.3, -0.25) is 9.59 Å². The molecule has 1 aromatic rings. The minimum absolute atomic E-state index is 0.0667. The fourth-order valence-electron chi connectivity index (χ4n) is 3.91. The molecule has 2 saturated heterocycles. The van der Waals surface area contributed by atoms with Gasteiger partial charge in [-0.2, -0.15) is 0 Å². The molecule has 0 radical (unpaired) electrons. The van der Waals surface area contributed by atoms with E-state index in [4.69, 9.17) is 5.11 Å². The predicted molar refractivity (Wildman–Crippen MR) is 96.9 cm³/mol. The highest BCUT2D eigenvalue weighted by molar-refractivity contribution is 5.90. The maximum atomic E-state index is 12.5. The molecule has 3 rings (SSSR count). The molecule has 0 unspecified atom stereocenters. The average Bonchev–Trinajstić information content (AvgIpc) is 2.60. The largest absolute Gasteiger partial charge is 0.480 e. The van der Waals surface area contributed by atoms with Gasteiger partial charge in [0.1, 0.15) is 6.54 Å². The van der Waals surface area contributed by atoms with Gasteiger partial charge in [-0.05, 0) is 43.2 Å². The third kappa shape index (κ3) is 3.98. The van der Waals surface area contributed by atoms with Gasteiger partial charge in [-0.25, -0.2) is 4.79 Å². The van der Waals surface area contributed by atoms with Crippen LogP contribution in [-0.2, 0) is 9.59 Å². The van der Waals surface area contributed by atoms with E-state index < -0.39 is 5.97 Å². The molecular weight excluding hydrogens is 334 g/mol. The number of aliphatic carboxylic acids is 1. The van der Waals surface area contributed by atoms with Gasteiger partial charge in [0.15, 0.2) is 0 Å². The summed E-state index contributed by atoms with van der Waals surface area (Å²) in [7, 11) is 0. The van der Waals surface area contributed by atoms with Gasteiger partial charge in [0.2, 0.25) is 5.91 Å². The number of carbonyl (C=O) groups excluding carboxylic acids is 2. The number of likely N-dealkylation sites (tertiary alicyclic amines) is 2. The van der Waals surface area contributed by atoms with Gasteiger partial charge >= 0.3 is 12.0 Å². The van der Waals surface area contributed by atoms with Crippen LogP contribution in [0, 0.1) is 12.3 Å². The van der Waals surface area contributed by atoms with Crippen LogP contribution in [0.2, 0.25) is 0 Å². The zero-order chi connectivity index (χ0) is 18.7. The molecular formula is C19H25N3O4. The summed E-state index contributed by atoms with van der Waals surface area (Å²) in [6.07, 6.45) is 2.74. The van der Waals surface area contributed by atoms with Crippen molar-refractivity contribution >= 4 is 23.6 Å². The van der Waals surface area contributed by atoms with E-state index in [2.05, 4.69) is 5.32 Å². The molecule has 1 aromatic carbocycles. The standard InChI is InChI=1S/C19H25N3O4/c1-14-4-2-3-5-15(14)20-18(26)21-10-8-19(9-11-21)7-6-16(23)22(13-19)12-17(24)25/h2-5H,6-13H2,1H3,(H,20,26)(H,24,25). The first-order valence-corrected chi connectivity index (χ1v) is 9.00.